The molecule has 1 rings (SSSR count). The summed E-state index contributed by atoms with van der Waals surface area (Å²) < 4.78 is 22.5. The number of sulfonamides is 1. The first-order valence-corrected chi connectivity index (χ1v) is 13.2. The van der Waals surface area contributed by atoms with Gasteiger partial charge in [0.1, 0.15) is 11.5 Å². The molecule has 2 unspecified atom stereocenters. The van der Waals surface area contributed by atoms with Crippen LogP contribution in [0.25, 0.3) is 0 Å². The zero-order chi connectivity index (χ0) is 21.5. The van der Waals surface area contributed by atoms with Gasteiger partial charge in [-0.15, -0.1) is 11.6 Å². The summed E-state index contributed by atoms with van der Waals surface area (Å²) in [5, 5.41) is 4.72. The van der Waals surface area contributed by atoms with Crippen molar-refractivity contribution in [3.8, 4) is 0 Å². The molecule has 0 radical (unpaired) electrons. The maximum absolute atomic E-state index is 12.2. The minimum absolute atomic E-state index is 0.0811. The number of carbonyl (C=O) groups is 1. The number of unbranched alkanes of at least 4 members (excludes halogenated alkanes) is 9. The summed E-state index contributed by atoms with van der Waals surface area (Å²) in [6.07, 6.45) is 13.5. The number of Topliss-reactive ketones (excluding diaryl/α,β-unsaturated/α-hetero) is 1. The normalized spacial score (nSPS) is 13.9. The Morgan fingerprint density at radius 3 is 1.97 bits per heavy atom. The van der Waals surface area contributed by atoms with E-state index in [1.165, 1.54) is 51.4 Å². The van der Waals surface area contributed by atoms with Crippen molar-refractivity contribution in [3.05, 3.63) is 35.9 Å². The fourth-order valence-corrected chi connectivity index (χ4v) is 4.66. The third-order valence-electron chi connectivity index (χ3n) is 5.31. The van der Waals surface area contributed by atoms with Crippen LogP contribution >= 0.6 is 11.6 Å². The van der Waals surface area contributed by atoms with Gasteiger partial charge in [0.25, 0.3) is 0 Å². The molecule has 2 N–H and O–H groups in total. The molecule has 0 aromatic heterocycles. The summed E-state index contributed by atoms with van der Waals surface area (Å²) >= 11 is 6.68. The first kappa shape index (κ1) is 26.1. The van der Waals surface area contributed by atoms with Crippen LogP contribution in [0.3, 0.4) is 0 Å². The third kappa shape index (κ3) is 13.1. The lowest BCUT2D eigenvalue weighted by molar-refractivity contribution is -0.117. The van der Waals surface area contributed by atoms with Crippen molar-refractivity contribution in [1.82, 2.24) is 0 Å². The van der Waals surface area contributed by atoms with Gasteiger partial charge in [-0.05, 0) is 17.9 Å². The molecule has 2 atom stereocenters. The van der Waals surface area contributed by atoms with E-state index in [2.05, 4.69) is 6.92 Å². The van der Waals surface area contributed by atoms with Crippen molar-refractivity contribution in [3.63, 3.8) is 0 Å². The van der Waals surface area contributed by atoms with Gasteiger partial charge in [0.05, 0.1) is 5.38 Å². The number of benzene rings is 1. The van der Waals surface area contributed by atoms with Gasteiger partial charge in [-0.3, -0.25) is 4.79 Å². The summed E-state index contributed by atoms with van der Waals surface area (Å²) in [6.45, 7) is 2.24. The van der Waals surface area contributed by atoms with Crippen LogP contribution in [0.2, 0.25) is 0 Å². The maximum Gasteiger partial charge on any atom is 0.216 e. The van der Waals surface area contributed by atoms with Crippen LogP contribution in [-0.2, 0) is 14.8 Å². The molecule has 6 heteroatoms. The van der Waals surface area contributed by atoms with Crippen LogP contribution in [0.4, 0.5) is 0 Å². The van der Waals surface area contributed by atoms with Gasteiger partial charge in [-0.1, -0.05) is 101 Å². The molecule has 0 saturated heterocycles. The second-order valence-electron chi connectivity index (χ2n) is 8.09. The van der Waals surface area contributed by atoms with E-state index in [9.17, 15) is 13.2 Å². The molecule has 0 amide bonds. The molecule has 0 fully saturated rings. The Kier molecular flexibility index (Phi) is 13.5. The second kappa shape index (κ2) is 15.0. The van der Waals surface area contributed by atoms with Gasteiger partial charge in [-0.2, -0.15) is 0 Å². The van der Waals surface area contributed by atoms with Crippen molar-refractivity contribution < 1.29 is 13.2 Å². The largest absolute Gasteiger partial charge is 0.299 e. The quantitative estimate of drug-likeness (QED) is 0.232. The smallest absolute Gasteiger partial charge is 0.216 e. The molecule has 0 aliphatic rings. The Morgan fingerprint density at radius 2 is 1.45 bits per heavy atom. The number of hydrogen-bond acceptors (Lipinski definition) is 3. The van der Waals surface area contributed by atoms with Crippen molar-refractivity contribution in [2.45, 2.75) is 89.4 Å². The molecular formula is C23H38ClNO3S. The Bertz CT molecular complexity index is 664. The topological polar surface area (TPSA) is 77.2 Å². The maximum atomic E-state index is 12.2. The summed E-state index contributed by atoms with van der Waals surface area (Å²) in [4.78, 5) is 12.2. The summed E-state index contributed by atoms with van der Waals surface area (Å²) in [5.74, 6) is -1.05. The number of hydrogen-bond donors (Lipinski definition) is 1. The molecule has 0 saturated carbocycles. The van der Waals surface area contributed by atoms with E-state index >= 15 is 0 Å². The molecule has 166 valence electrons. The van der Waals surface area contributed by atoms with Crippen LogP contribution in [0.1, 0.15) is 94.9 Å². The number of halogens is 1. The van der Waals surface area contributed by atoms with E-state index in [0.29, 0.717) is 0 Å². The van der Waals surface area contributed by atoms with Gasteiger partial charge in [0.2, 0.25) is 10.0 Å². The number of rotatable bonds is 17. The van der Waals surface area contributed by atoms with Gasteiger partial charge in [0, 0.05) is 6.42 Å². The zero-order valence-electron chi connectivity index (χ0n) is 17.8. The van der Waals surface area contributed by atoms with Gasteiger partial charge < -0.3 is 0 Å². The Balaban J connectivity index is 2.43. The molecule has 0 spiro atoms. The summed E-state index contributed by atoms with van der Waals surface area (Å²) in [5.41, 5.74) is 0.967. The lowest BCUT2D eigenvalue weighted by atomic mass is 9.89. The van der Waals surface area contributed by atoms with Gasteiger partial charge in [-0.25, -0.2) is 13.6 Å². The third-order valence-corrected chi connectivity index (χ3v) is 6.65. The minimum Gasteiger partial charge on any atom is -0.299 e. The van der Waals surface area contributed by atoms with Crippen molar-refractivity contribution in [1.29, 1.82) is 0 Å². The minimum atomic E-state index is -3.80. The van der Waals surface area contributed by atoms with Crippen LogP contribution in [0, 0.1) is 5.92 Å². The Morgan fingerprint density at radius 1 is 0.931 bits per heavy atom. The number of ketones is 1. The van der Waals surface area contributed by atoms with E-state index in [4.69, 9.17) is 16.7 Å². The monoisotopic (exact) mass is 443 g/mol. The summed E-state index contributed by atoms with van der Waals surface area (Å²) in [6, 6.07) is 9.68. The molecule has 0 bridgehead atoms. The average Bonchev–Trinajstić information content (AvgIpc) is 2.67. The highest BCUT2D eigenvalue weighted by atomic mass is 35.5. The van der Waals surface area contributed by atoms with Gasteiger partial charge >= 0.3 is 0 Å². The second-order valence-corrected chi connectivity index (χ2v) is 10.2. The standard InChI is InChI=1S/C23H38ClNO3S/c1-2-3-4-5-6-7-8-9-10-12-17-21(18-22(26)19-29(25,27)28)23(24)20-15-13-11-14-16-20/h11,13-16,21,23H,2-10,12,17-19H2,1H3,(H2,25,27,28). The first-order chi connectivity index (χ1) is 13.8. The molecular weight excluding hydrogens is 406 g/mol. The lowest BCUT2D eigenvalue weighted by Gasteiger charge is -2.22. The average molecular weight is 444 g/mol. The Hall–Kier alpha value is -0.910. The highest BCUT2D eigenvalue weighted by Crippen LogP contribution is 2.35. The number of primary sulfonamides is 1. The zero-order valence-corrected chi connectivity index (χ0v) is 19.4. The van der Waals surface area contributed by atoms with Crippen LogP contribution < -0.4 is 5.14 Å². The van der Waals surface area contributed by atoms with Crippen molar-refractivity contribution in [2.24, 2.45) is 11.1 Å². The highest BCUT2D eigenvalue weighted by molar-refractivity contribution is 7.89. The van der Waals surface area contributed by atoms with Gasteiger partial charge in [0.15, 0.2) is 0 Å². The van der Waals surface area contributed by atoms with Crippen LogP contribution in [0.15, 0.2) is 30.3 Å². The van der Waals surface area contributed by atoms with E-state index in [1.54, 1.807) is 0 Å². The first-order valence-electron chi connectivity index (χ1n) is 11.0. The fourth-order valence-electron chi connectivity index (χ4n) is 3.73. The van der Waals surface area contributed by atoms with E-state index in [-0.39, 0.29) is 23.5 Å². The van der Waals surface area contributed by atoms with E-state index in [1.807, 2.05) is 30.3 Å². The highest BCUT2D eigenvalue weighted by Gasteiger charge is 2.25. The Labute approximate surface area is 182 Å². The molecule has 1 aromatic carbocycles. The number of carbonyl (C=O) groups excluding carboxylic acids is 1. The lowest BCUT2D eigenvalue weighted by Crippen LogP contribution is -2.25. The predicted octanol–water partition coefficient (Wildman–Crippen LogP) is 6.14. The molecule has 1 aromatic rings. The predicted molar refractivity (Wildman–Crippen MR) is 123 cm³/mol. The van der Waals surface area contributed by atoms with Crippen LogP contribution in [-0.4, -0.2) is 20.0 Å². The van der Waals surface area contributed by atoms with Crippen molar-refractivity contribution >= 4 is 27.4 Å². The molecule has 0 aliphatic heterocycles. The molecule has 4 nitrogen and oxygen atoms in total. The van der Waals surface area contributed by atoms with E-state index < -0.39 is 15.8 Å². The molecule has 0 heterocycles. The van der Waals surface area contributed by atoms with E-state index in [0.717, 1.165) is 24.8 Å². The summed E-state index contributed by atoms with van der Waals surface area (Å²) in [7, 11) is -3.80. The SMILES string of the molecule is CCCCCCCCCCCCC(CC(=O)CS(N)(=O)=O)C(Cl)c1ccccc1. The number of alkyl halides is 1. The number of nitrogens with two attached hydrogens (primary N) is 1. The molecule has 0 aliphatic carbocycles. The van der Waals surface area contributed by atoms with Crippen LogP contribution in [0.5, 0.6) is 0 Å². The fraction of sp³-hybridized carbons (Fsp3) is 0.696. The van der Waals surface area contributed by atoms with Crippen molar-refractivity contribution in [2.75, 3.05) is 5.75 Å². The molecule has 29 heavy (non-hydrogen) atoms.